The van der Waals surface area contributed by atoms with E-state index in [0.717, 1.165) is 5.56 Å². The molecule has 1 amide bonds. The summed E-state index contributed by atoms with van der Waals surface area (Å²) in [5, 5.41) is 6.78. The van der Waals surface area contributed by atoms with E-state index in [9.17, 15) is 4.79 Å². The second kappa shape index (κ2) is 10.5. The largest absolute Gasteiger partial charge is 0.490 e. The molecule has 1 aromatic heterocycles. The number of hydrogen-bond donors (Lipinski definition) is 1. The fraction of sp³-hybridized carbons (Fsp3) is 0.348. The SMILES string of the molecule is CCOc1ccc(C(C)NC(=O)c2ccc(OCc3noc(C)n3)cc2)cc1OCC. The number of benzene rings is 2. The molecule has 0 aliphatic rings. The van der Waals surface area contributed by atoms with Crippen molar-refractivity contribution in [3.05, 3.63) is 65.3 Å². The molecule has 0 aliphatic heterocycles. The Morgan fingerprint density at radius 2 is 1.74 bits per heavy atom. The van der Waals surface area contributed by atoms with Crippen LogP contribution in [0.2, 0.25) is 0 Å². The number of ether oxygens (including phenoxy) is 3. The Balaban J connectivity index is 1.60. The van der Waals surface area contributed by atoms with Crippen molar-refractivity contribution in [2.24, 2.45) is 0 Å². The highest BCUT2D eigenvalue weighted by molar-refractivity contribution is 5.94. The number of amides is 1. The van der Waals surface area contributed by atoms with Crippen LogP contribution in [-0.2, 0) is 6.61 Å². The zero-order valence-corrected chi connectivity index (χ0v) is 18.2. The summed E-state index contributed by atoms with van der Waals surface area (Å²) in [6.45, 7) is 8.77. The molecule has 3 aromatic rings. The average molecular weight is 425 g/mol. The first kappa shape index (κ1) is 22.1. The molecule has 1 unspecified atom stereocenters. The number of carbonyl (C=O) groups excluding carboxylic acids is 1. The maximum absolute atomic E-state index is 12.7. The molecule has 0 fully saturated rings. The number of rotatable bonds is 10. The van der Waals surface area contributed by atoms with E-state index < -0.39 is 0 Å². The molecule has 2 aromatic carbocycles. The predicted molar refractivity (Wildman–Crippen MR) is 114 cm³/mol. The topological polar surface area (TPSA) is 95.7 Å². The van der Waals surface area contributed by atoms with E-state index in [1.165, 1.54) is 0 Å². The zero-order chi connectivity index (χ0) is 22.2. The minimum absolute atomic E-state index is 0.181. The van der Waals surface area contributed by atoms with Crippen molar-refractivity contribution in [2.75, 3.05) is 13.2 Å². The highest BCUT2D eigenvalue weighted by atomic mass is 16.5. The van der Waals surface area contributed by atoms with Crippen molar-refractivity contribution in [3.63, 3.8) is 0 Å². The molecular formula is C23H27N3O5. The van der Waals surface area contributed by atoms with Crippen LogP contribution in [-0.4, -0.2) is 29.3 Å². The molecular weight excluding hydrogens is 398 g/mol. The summed E-state index contributed by atoms with van der Waals surface area (Å²) in [4.78, 5) is 16.7. The summed E-state index contributed by atoms with van der Waals surface area (Å²) in [6, 6.07) is 12.4. The van der Waals surface area contributed by atoms with Crippen molar-refractivity contribution in [1.29, 1.82) is 0 Å². The lowest BCUT2D eigenvalue weighted by Gasteiger charge is -2.17. The quantitative estimate of drug-likeness (QED) is 0.519. The van der Waals surface area contributed by atoms with Crippen LogP contribution >= 0.6 is 0 Å². The fourth-order valence-corrected chi connectivity index (χ4v) is 2.95. The number of aromatic nitrogens is 2. The van der Waals surface area contributed by atoms with Gasteiger partial charge in [0, 0.05) is 12.5 Å². The number of hydrogen-bond acceptors (Lipinski definition) is 7. The molecule has 0 saturated heterocycles. The lowest BCUT2D eigenvalue weighted by Crippen LogP contribution is -2.26. The van der Waals surface area contributed by atoms with Gasteiger partial charge in [0.15, 0.2) is 18.1 Å². The van der Waals surface area contributed by atoms with E-state index in [2.05, 4.69) is 15.5 Å². The van der Waals surface area contributed by atoms with E-state index in [0.29, 0.717) is 47.7 Å². The van der Waals surface area contributed by atoms with Crippen LogP contribution in [0, 0.1) is 6.92 Å². The number of aryl methyl sites for hydroxylation is 1. The summed E-state index contributed by atoms with van der Waals surface area (Å²) < 4.78 is 21.8. The molecule has 1 heterocycles. The van der Waals surface area contributed by atoms with Crippen molar-refractivity contribution >= 4 is 5.91 Å². The lowest BCUT2D eigenvalue weighted by molar-refractivity contribution is 0.0939. The second-order valence-corrected chi connectivity index (χ2v) is 6.81. The Kier molecular flexibility index (Phi) is 7.48. The molecule has 0 bridgehead atoms. The summed E-state index contributed by atoms with van der Waals surface area (Å²) in [5.74, 6) is 2.75. The summed E-state index contributed by atoms with van der Waals surface area (Å²) >= 11 is 0. The maximum Gasteiger partial charge on any atom is 0.251 e. The highest BCUT2D eigenvalue weighted by Gasteiger charge is 2.15. The van der Waals surface area contributed by atoms with Crippen LogP contribution in [0.4, 0.5) is 0 Å². The van der Waals surface area contributed by atoms with Gasteiger partial charge in [0.1, 0.15) is 5.75 Å². The van der Waals surface area contributed by atoms with E-state index in [-0.39, 0.29) is 18.6 Å². The molecule has 0 aliphatic carbocycles. The minimum atomic E-state index is -0.209. The van der Waals surface area contributed by atoms with Crippen LogP contribution in [0.15, 0.2) is 47.0 Å². The monoisotopic (exact) mass is 425 g/mol. The lowest BCUT2D eigenvalue weighted by atomic mass is 10.1. The number of nitrogens with zero attached hydrogens (tertiary/aromatic N) is 2. The van der Waals surface area contributed by atoms with Crippen molar-refractivity contribution < 1.29 is 23.5 Å². The summed E-state index contributed by atoms with van der Waals surface area (Å²) in [6.07, 6.45) is 0. The first-order valence-corrected chi connectivity index (χ1v) is 10.2. The molecule has 8 nitrogen and oxygen atoms in total. The van der Waals surface area contributed by atoms with Gasteiger partial charge in [0.05, 0.1) is 19.3 Å². The Morgan fingerprint density at radius 1 is 1.03 bits per heavy atom. The predicted octanol–water partition coefficient (Wildman–Crippen LogP) is 4.25. The van der Waals surface area contributed by atoms with Crippen LogP contribution in [0.25, 0.3) is 0 Å². The minimum Gasteiger partial charge on any atom is -0.490 e. The average Bonchev–Trinajstić information content (AvgIpc) is 3.19. The number of nitrogens with one attached hydrogen (secondary N) is 1. The third kappa shape index (κ3) is 5.97. The van der Waals surface area contributed by atoms with E-state index in [1.807, 2.05) is 39.0 Å². The molecule has 8 heteroatoms. The van der Waals surface area contributed by atoms with Gasteiger partial charge in [-0.25, -0.2) is 0 Å². The number of carbonyl (C=O) groups is 1. The molecule has 0 saturated carbocycles. The van der Waals surface area contributed by atoms with Gasteiger partial charge in [0.25, 0.3) is 5.91 Å². The highest BCUT2D eigenvalue weighted by Crippen LogP contribution is 2.30. The van der Waals surface area contributed by atoms with Gasteiger partial charge in [-0.05, 0) is 62.7 Å². The Morgan fingerprint density at radius 3 is 2.39 bits per heavy atom. The maximum atomic E-state index is 12.7. The normalized spacial score (nSPS) is 11.6. The van der Waals surface area contributed by atoms with Crippen molar-refractivity contribution in [2.45, 2.75) is 40.3 Å². The molecule has 31 heavy (non-hydrogen) atoms. The third-order valence-electron chi connectivity index (χ3n) is 4.47. The summed E-state index contributed by atoms with van der Waals surface area (Å²) in [5.41, 5.74) is 1.46. The van der Waals surface area contributed by atoms with Gasteiger partial charge in [-0.15, -0.1) is 0 Å². The van der Waals surface area contributed by atoms with Gasteiger partial charge in [-0.1, -0.05) is 11.2 Å². The first-order chi connectivity index (χ1) is 15.0. The second-order valence-electron chi connectivity index (χ2n) is 6.81. The molecule has 164 valence electrons. The molecule has 3 rings (SSSR count). The standard InChI is InChI=1S/C23H27N3O5/c1-5-28-20-12-9-18(13-21(20)29-6-2)15(3)24-23(27)17-7-10-19(11-8-17)30-14-22-25-16(4)31-26-22/h7-13,15H,5-6,14H2,1-4H3,(H,24,27). The van der Waals surface area contributed by atoms with Crippen molar-refractivity contribution in [3.8, 4) is 17.2 Å². The van der Waals surface area contributed by atoms with E-state index >= 15 is 0 Å². The van der Waals surface area contributed by atoms with Gasteiger partial charge in [0.2, 0.25) is 11.7 Å². The zero-order valence-electron chi connectivity index (χ0n) is 18.2. The first-order valence-electron chi connectivity index (χ1n) is 10.2. The van der Waals surface area contributed by atoms with E-state index in [1.54, 1.807) is 31.2 Å². The van der Waals surface area contributed by atoms with Gasteiger partial charge in [-0.3, -0.25) is 4.79 Å². The van der Waals surface area contributed by atoms with Crippen LogP contribution in [0.3, 0.4) is 0 Å². The summed E-state index contributed by atoms with van der Waals surface area (Å²) in [7, 11) is 0. The van der Waals surface area contributed by atoms with Gasteiger partial charge in [-0.2, -0.15) is 4.98 Å². The van der Waals surface area contributed by atoms with Crippen LogP contribution < -0.4 is 19.5 Å². The Hall–Kier alpha value is -3.55. The van der Waals surface area contributed by atoms with E-state index in [4.69, 9.17) is 18.7 Å². The Bertz CT molecular complexity index is 1000. The third-order valence-corrected chi connectivity index (χ3v) is 4.47. The smallest absolute Gasteiger partial charge is 0.251 e. The molecule has 0 radical (unpaired) electrons. The van der Waals surface area contributed by atoms with Crippen molar-refractivity contribution in [1.82, 2.24) is 15.5 Å². The van der Waals surface area contributed by atoms with Crippen LogP contribution in [0.1, 0.15) is 54.4 Å². The fourth-order valence-electron chi connectivity index (χ4n) is 2.95. The molecule has 0 spiro atoms. The van der Waals surface area contributed by atoms with Gasteiger partial charge < -0.3 is 24.1 Å². The van der Waals surface area contributed by atoms with Crippen LogP contribution in [0.5, 0.6) is 17.2 Å². The molecule has 1 N–H and O–H groups in total. The molecule has 1 atom stereocenters. The van der Waals surface area contributed by atoms with Gasteiger partial charge >= 0.3 is 0 Å². The Labute approximate surface area is 181 Å².